The molecule has 5 heteroatoms. The van der Waals surface area contributed by atoms with Crippen LogP contribution in [0.3, 0.4) is 0 Å². The average molecular weight is 237 g/mol. The van der Waals surface area contributed by atoms with Crippen LogP contribution in [0.1, 0.15) is 19.4 Å². The highest BCUT2D eigenvalue weighted by atomic mass is 16.6. The molecule has 0 aliphatic rings. The van der Waals surface area contributed by atoms with Crippen LogP contribution in [0.15, 0.2) is 18.2 Å². The first-order chi connectivity index (χ1) is 7.95. The quantitative estimate of drug-likeness (QED) is 0.608. The van der Waals surface area contributed by atoms with Crippen LogP contribution in [-0.2, 0) is 0 Å². The normalized spacial score (nSPS) is 12.5. The average Bonchev–Trinajstić information content (AvgIpc) is 2.24. The zero-order valence-electron chi connectivity index (χ0n) is 10.4. The Morgan fingerprint density at radius 3 is 2.53 bits per heavy atom. The van der Waals surface area contributed by atoms with Crippen molar-refractivity contribution < 1.29 is 4.92 Å². The van der Waals surface area contributed by atoms with Crippen molar-refractivity contribution in [1.29, 1.82) is 0 Å². The van der Waals surface area contributed by atoms with Gasteiger partial charge in [0.15, 0.2) is 0 Å². The van der Waals surface area contributed by atoms with Crippen molar-refractivity contribution in [3.05, 3.63) is 33.9 Å². The number of nitro groups is 1. The number of anilines is 1. The lowest BCUT2D eigenvalue weighted by atomic mass is 10.0. The number of nitrogens with zero attached hydrogens (tertiary/aromatic N) is 1. The van der Waals surface area contributed by atoms with E-state index in [-0.39, 0.29) is 16.7 Å². The molecular weight excluding hydrogens is 218 g/mol. The lowest BCUT2D eigenvalue weighted by Crippen LogP contribution is -2.33. The van der Waals surface area contributed by atoms with Crippen LogP contribution in [0.25, 0.3) is 0 Å². The van der Waals surface area contributed by atoms with E-state index in [4.69, 9.17) is 5.73 Å². The standard InChI is InChI=1S/C12H19N3O2/c1-8(2)11(7-13)14-10-4-5-12(15(16)17)9(3)6-10/h4-6,8,11,14H,7,13H2,1-3H3. The molecule has 0 saturated heterocycles. The van der Waals surface area contributed by atoms with Gasteiger partial charge in [0, 0.05) is 29.9 Å². The van der Waals surface area contributed by atoms with Gasteiger partial charge in [-0.3, -0.25) is 10.1 Å². The molecule has 0 bridgehead atoms. The molecule has 0 saturated carbocycles. The number of benzene rings is 1. The summed E-state index contributed by atoms with van der Waals surface area (Å²) in [6.07, 6.45) is 0. The Labute approximate surface area is 101 Å². The summed E-state index contributed by atoms with van der Waals surface area (Å²) in [5.41, 5.74) is 7.33. The second-order valence-corrected chi connectivity index (χ2v) is 4.49. The van der Waals surface area contributed by atoms with Crippen molar-refractivity contribution in [3.8, 4) is 0 Å². The third kappa shape index (κ3) is 3.42. The Bertz CT molecular complexity index is 405. The van der Waals surface area contributed by atoms with Crippen LogP contribution in [0.2, 0.25) is 0 Å². The molecule has 1 atom stereocenters. The Morgan fingerprint density at radius 1 is 1.47 bits per heavy atom. The largest absolute Gasteiger partial charge is 0.381 e. The third-order valence-electron chi connectivity index (χ3n) is 2.80. The van der Waals surface area contributed by atoms with Crippen molar-refractivity contribution in [1.82, 2.24) is 0 Å². The van der Waals surface area contributed by atoms with Crippen LogP contribution in [-0.4, -0.2) is 17.5 Å². The second kappa shape index (κ2) is 5.63. The Hall–Kier alpha value is -1.62. The highest BCUT2D eigenvalue weighted by molar-refractivity contribution is 5.54. The molecule has 0 aliphatic heterocycles. The molecule has 1 rings (SSSR count). The molecule has 0 aromatic heterocycles. The van der Waals surface area contributed by atoms with Crippen molar-refractivity contribution in [2.45, 2.75) is 26.8 Å². The van der Waals surface area contributed by atoms with E-state index in [9.17, 15) is 10.1 Å². The summed E-state index contributed by atoms with van der Waals surface area (Å²) >= 11 is 0. The van der Waals surface area contributed by atoms with Gasteiger partial charge in [-0.1, -0.05) is 13.8 Å². The van der Waals surface area contributed by atoms with Crippen LogP contribution in [0.4, 0.5) is 11.4 Å². The van der Waals surface area contributed by atoms with Crippen LogP contribution >= 0.6 is 0 Å². The molecule has 0 radical (unpaired) electrons. The van der Waals surface area contributed by atoms with Gasteiger partial charge in [0.2, 0.25) is 0 Å². The summed E-state index contributed by atoms with van der Waals surface area (Å²) in [4.78, 5) is 10.3. The monoisotopic (exact) mass is 237 g/mol. The van der Waals surface area contributed by atoms with Gasteiger partial charge in [-0.15, -0.1) is 0 Å². The Balaban J connectivity index is 2.87. The molecule has 17 heavy (non-hydrogen) atoms. The van der Waals surface area contributed by atoms with E-state index >= 15 is 0 Å². The predicted octanol–water partition coefficient (Wildman–Crippen LogP) is 2.30. The van der Waals surface area contributed by atoms with Gasteiger partial charge < -0.3 is 11.1 Å². The van der Waals surface area contributed by atoms with Gasteiger partial charge in [0.25, 0.3) is 5.69 Å². The minimum atomic E-state index is -0.373. The van der Waals surface area contributed by atoms with Gasteiger partial charge in [-0.2, -0.15) is 0 Å². The van der Waals surface area contributed by atoms with Crippen molar-refractivity contribution in [2.75, 3.05) is 11.9 Å². The summed E-state index contributed by atoms with van der Waals surface area (Å²) in [6.45, 7) is 6.44. The zero-order valence-corrected chi connectivity index (χ0v) is 10.4. The maximum atomic E-state index is 10.7. The van der Waals surface area contributed by atoms with E-state index in [0.717, 1.165) is 5.69 Å². The molecule has 0 heterocycles. The number of nitrogens with one attached hydrogen (secondary N) is 1. The number of rotatable bonds is 5. The fraction of sp³-hybridized carbons (Fsp3) is 0.500. The second-order valence-electron chi connectivity index (χ2n) is 4.49. The van der Waals surface area contributed by atoms with Crippen molar-refractivity contribution in [2.24, 2.45) is 11.7 Å². The van der Waals surface area contributed by atoms with E-state index in [2.05, 4.69) is 19.2 Å². The highest BCUT2D eigenvalue weighted by Gasteiger charge is 2.14. The molecule has 1 unspecified atom stereocenters. The fourth-order valence-corrected chi connectivity index (χ4v) is 1.66. The minimum absolute atomic E-state index is 0.143. The first kappa shape index (κ1) is 13.4. The Kier molecular flexibility index (Phi) is 4.45. The van der Waals surface area contributed by atoms with Crippen molar-refractivity contribution >= 4 is 11.4 Å². The van der Waals surface area contributed by atoms with E-state index < -0.39 is 0 Å². The summed E-state index contributed by atoms with van der Waals surface area (Å²) < 4.78 is 0. The van der Waals surface area contributed by atoms with Crippen LogP contribution in [0, 0.1) is 23.0 Å². The van der Waals surface area contributed by atoms with E-state index in [1.54, 1.807) is 19.1 Å². The summed E-state index contributed by atoms with van der Waals surface area (Å²) in [6, 6.07) is 5.20. The lowest BCUT2D eigenvalue weighted by molar-refractivity contribution is -0.385. The van der Waals surface area contributed by atoms with Gasteiger partial charge in [-0.25, -0.2) is 0 Å². The molecule has 5 nitrogen and oxygen atoms in total. The van der Waals surface area contributed by atoms with Gasteiger partial charge in [-0.05, 0) is 25.0 Å². The summed E-state index contributed by atoms with van der Waals surface area (Å²) in [5, 5.41) is 14.0. The summed E-state index contributed by atoms with van der Waals surface area (Å²) in [5.74, 6) is 0.412. The number of hydrogen-bond donors (Lipinski definition) is 2. The molecule has 0 spiro atoms. The van der Waals surface area contributed by atoms with Gasteiger partial charge in [0.1, 0.15) is 0 Å². The predicted molar refractivity (Wildman–Crippen MR) is 69.1 cm³/mol. The maximum absolute atomic E-state index is 10.7. The molecule has 94 valence electrons. The minimum Gasteiger partial charge on any atom is -0.381 e. The molecule has 1 aromatic rings. The lowest BCUT2D eigenvalue weighted by Gasteiger charge is -2.21. The summed E-state index contributed by atoms with van der Waals surface area (Å²) in [7, 11) is 0. The highest BCUT2D eigenvalue weighted by Crippen LogP contribution is 2.22. The number of nitro benzene ring substituents is 1. The SMILES string of the molecule is Cc1cc(NC(CN)C(C)C)ccc1[N+](=O)[O-]. The fourth-order valence-electron chi connectivity index (χ4n) is 1.66. The van der Waals surface area contributed by atoms with Gasteiger partial charge >= 0.3 is 0 Å². The number of hydrogen-bond acceptors (Lipinski definition) is 4. The molecule has 0 fully saturated rings. The number of aryl methyl sites for hydroxylation is 1. The molecule has 0 amide bonds. The van der Waals surface area contributed by atoms with E-state index in [1.807, 2.05) is 0 Å². The Morgan fingerprint density at radius 2 is 2.12 bits per heavy atom. The maximum Gasteiger partial charge on any atom is 0.272 e. The van der Waals surface area contributed by atoms with Crippen LogP contribution in [0.5, 0.6) is 0 Å². The molecule has 0 aliphatic carbocycles. The topological polar surface area (TPSA) is 81.2 Å². The zero-order chi connectivity index (χ0) is 13.0. The molecule has 3 N–H and O–H groups in total. The van der Waals surface area contributed by atoms with E-state index in [0.29, 0.717) is 18.0 Å². The van der Waals surface area contributed by atoms with Crippen molar-refractivity contribution in [3.63, 3.8) is 0 Å². The molecule has 1 aromatic carbocycles. The first-order valence-corrected chi connectivity index (χ1v) is 5.67. The number of nitrogens with two attached hydrogens (primary N) is 1. The third-order valence-corrected chi connectivity index (χ3v) is 2.80. The van der Waals surface area contributed by atoms with Gasteiger partial charge in [0.05, 0.1) is 4.92 Å². The van der Waals surface area contributed by atoms with E-state index in [1.165, 1.54) is 6.07 Å². The smallest absolute Gasteiger partial charge is 0.272 e. The van der Waals surface area contributed by atoms with Crippen LogP contribution < -0.4 is 11.1 Å². The molecular formula is C12H19N3O2. The first-order valence-electron chi connectivity index (χ1n) is 5.67.